The molecule has 0 saturated carbocycles. The molecule has 1 N–H and O–H groups in total. The zero-order valence-electron chi connectivity index (χ0n) is 14.8. The maximum Gasteiger partial charge on any atom is 0.170 e. The van der Waals surface area contributed by atoms with Gasteiger partial charge < -0.3 is 5.32 Å². The number of fused-ring (bicyclic) bond motifs is 1. The molecule has 8 nitrogen and oxygen atoms in total. The Kier molecular flexibility index (Phi) is 3.98. The molecule has 0 radical (unpaired) electrons. The summed E-state index contributed by atoms with van der Waals surface area (Å²) in [7, 11) is 0. The van der Waals surface area contributed by atoms with Crippen LogP contribution in [0.2, 0.25) is 0 Å². The molecular formula is C20H16N8. The Hall–Kier alpha value is -4.07. The fraction of sp³-hybridized carbons (Fsp3) is 0.0500. The molecule has 0 bridgehead atoms. The Labute approximate surface area is 160 Å². The van der Waals surface area contributed by atoms with Crippen LogP contribution in [0.1, 0.15) is 5.56 Å². The Morgan fingerprint density at radius 2 is 1.89 bits per heavy atom. The van der Waals surface area contributed by atoms with Crippen molar-refractivity contribution in [2.24, 2.45) is 0 Å². The molecule has 0 aliphatic rings. The molecule has 0 saturated heterocycles. The zero-order chi connectivity index (χ0) is 18.8. The fourth-order valence-corrected chi connectivity index (χ4v) is 3.06. The third-order valence-corrected chi connectivity index (χ3v) is 4.33. The lowest BCUT2D eigenvalue weighted by atomic mass is 10.2. The van der Waals surface area contributed by atoms with Gasteiger partial charge in [0.05, 0.1) is 18.1 Å². The van der Waals surface area contributed by atoms with E-state index in [1.807, 2.05) is 47.3 Å². The number of nitrogens with zero attached hydrogens (tertiary/aromatic N) is 7. The van der Waals surface area contributed by atoms with Crippen LogP contribution in [0.25, 0.3) is 16.9 Å². The second kappa shape index (κ2) is 6.92. The molecule has 4 heterocycles. The van der Waals surface area contributed by atoms with Gasteiger partial charge in [0.15, 0.2) is 11.5 Å². The standard InChI is InChI=1S/C20H16N8/c1-2-8-21-18(7-1)28-20-17(12-25-28)19(22-14-23-20)26-16-6-3-5-15(11-16)13-27-10-4-9-24-27/h1-12,14H,13H2,(H,22,23,26). The first-order valence-corrected chi connectivity index (χ1v) is 8.80. The van der Waals surface area contributed by atoms with Gasteiger partial charge >= 0.3 is 0 Å². The second-order valence-electron chi connectivity index (χ2n) is 6.23. The van der Waals surface area contributed by atoms with Crippen LogP contribution in [-0.4, -0.2) is 34.5 Å². The summed E-state index contributed by atoms with van der Waals surface area (Å²) in [6, 6.07) is 15.8. The summed E-state index contributed by atoms with van der Waals surface area (Å²) < 4.78 is 3.59. The Morgan fingerprint density at radius 3 is 2.75 bits per heavy atom. The van der Waals surface area contributed by atoms with Crippen LogP contribution in [0, 0.1) is 0 Å². The summed E-state index contributed by atoms with van der Waals surface area (Å²) in [5.41, 5.74) is 2.78. The normalized spacial score (nSPS) is 11.0. The van der Waals surface area contributed by atoms with Crippen LogP contribution in [0.15, 0.2) is 79.6 Å². The van der Waals surface area contributed by atoms with Gasteiger partial charge in [-0.3, -0.25) is 4.68 Å². The average Bonchev–Trinajstić information content (AvgIpc) is 3.39. The summed E-state index contributed by atoms with van der Waals surface area (Å²) in [5, 5.41) is 12.9. The number of anilines is 2. The highest BCUT2D eigenvalue weighted by Crippen LogP contribution is 2.24. The van der Waals surface area contributed by atoms with Crippen LogP contribution in [0.3, 0.4) is 0 Å². The van der Waals surface area contributed by atoms with E-state index in [9.17, 15) is 0 Å². The summed E-state index contributed by atoms with van der Waals surface area (Å²) in [5.74, 6) is 1.41. The molecule has 8 heteroatoms. The van der Waals surface area contributed by atoms with E-state index in [1.54, 1.807) is 23.3 Å². The van der Waals surface area contributed by atoms with Gasteiger partial charge in [0.1, 0.15) is 12.1 Å². The predicted octanol–water partition coefficient (Wildman–Crippen LogP) is 3.20. The largest absolute Gasteiger partial charge is 0.340 e. The SMILES string of the molecule is c1ccc(-n2ncc3c(Nc4cccc(Cn5cccn5)c4)ncnc32)nc1. The van der Waals surface area contributed by atoms with Crippen molar-refractivity contribution in [1.29, 1.82) is 0 Å². The van der Waals surface area contributed by atoms with Crippen LogP contribution >= 0.6 is 0 Å². The predicted molar refractivity (Wildman–Crippen MR) is 106 cm³/mol. The molecule has 0 fully saturated rings. The second-order valence-corrected chi connectivity index (χ2v) is 6.23. The van der Waals surface area contributed by atoms with Crippen molar-refractivity contribution in [1.82, 2.24) is 34.5 Å². The van der Waals surface area contributed by atoms with Gasteiger partial charge in [0.25, 0.3) is 0 Å². The van der Waals surface area contributed by atoms with Crippen LogP contribution < -0.4 is 5.32 Å². The van der Waals surface area contributed by atoms with E-state index < -0.39 is 0 Å². The van der Waals surface area contributed by atoms with Gasteiger partial charge in [0.2, 0.25) is 0 Å². The van der Waals surface area contributed by atoms with Gasteiger partial charge in [-0.1, -0.05) is 18.2 Å². The lowest BCUT2D eigenvalue weighted by Gasteiger charge is -2.09. The minimum Gasteiger partial charge on any atom is -0.340 e. The van der Waals surface area contributed by atoms with Crippen molar-refractivity contribution in [3.63, 3.8) is 0 Å². The number of rotatable bonds is 5. The highest BCUT2D eigenvalue weighted by molar-refractivity contribution is 5.88. The monoisotopic (exact) mass is 368 g/mol. The van der Waals surface area contributed by atoms with E-state index in [0.717, 1.165) is 16.6 Å². The minimum absolute atomic E-state index is 0.698. The van der Waals surface area contributed by atoms with Gasteiger partial charge in [-0.15, -0.1) is 0 Å². The van der Waals surface area contributed by atoms with Gasteiger partial charge in [-0.25, -0.2) is 15.0 Å². The molecule has 1 aromatic carbocycles. The summed E-state index contributed by atoms with van der Waals surface area (Å²) in [4.78, 5) is 13.1. The van der Waals surface area contributed by atoms with Crippen molar-refractivity contribution < 1.29 is 0 Å². The molecule has 136 valence electrons. The molecule has 5 rings (SSSR count). The van der Waals surface area contributed by atoms with Crippen LogP contribution in [0.4, 0.5) is 11.5 Å². The van der Waals surface area contributed by atoms with E-state index in [2.05, 4.69) is 42.6 Å². The number of hydrogen-bond acceptors (Lipinski definition) is 6. The van der Waals surface area contributed by atoms with E-state index in [1.165, 1.54) is 6.33 Å². The third kappa shape index (κ3) is 3.07. The average molecular weight is 368 g/mol. The smallest absolute Gasteiger partial charge is 0.170 e. The lowest BCUT2D eigenvalue weighted by molar-refractivity contribution is 0.687. The van der Waals surface area contributed by atoms with Gasteiger partial charge in [-0.2, -0.15) is 14.9 Å². The van der Waals surface area contributed by atoms with Crippen LogP contribution in [-0.2, 0) is 6.54 Å². The molecular weight excluding hydrogens is 352 g/mol. The van der Waals surface area contributed by atoms with Crippen molar-refractivity contribution >= 4 is 22.5 Å². The topological polar surface area (TPSA) is 86.3 Å². The van der Waals surface area contributed by atoms with Gasteiger partial charge in [0, 0.05) is 24.3 Å². The fourth-order valence-electron chi connectivity index (χ4n) is 3.06. The first-order chi connectivity index (χ1) is 13.9. The molecule has 0 amide bonds. The third-order valence-electron chi connectivity index (χ3n) is 4.33. The minimum atomic E-state index is 0.698. The van der Waals surface area contributed by atoms with E-state index in [-0.39, 0.29) is 0 Å². The molecule has 28 heavy (non-hydrogen) atoms. The molecule has 0 aliphatic heterocycles. The Balaban J connectivity index is 1.47. The molecule has 0 aliphatic carbocycles. The maximum absolute atomic E-state index is 4.44. The van der Waals surface area contributed by atoms with E-state index >= 15 is 0 Å². The van der Waals surface area contributed by atoms with Gasteiger partial charge in [-0.05, 0) is 35.9 Å². The van der Waals surface area contributed by atoms with E-state index in [4.69, 9.17) is 0 Å². The number of aromatic nitrogens is 7. The zero-order valence-corrected chi connectivity index (χ0v) is 14.8. The van der Waals surface area contributed by atoms with E-state index in [0.29, 0.717) is 23.8 Å². The van der Waals surface area contributed by atoms with Crippen LogP contribution in [0.5, 0.6) is 0 Å². The highest BCUT2D eigenvalue weighted by atomic mass is 15.3. The number of hydrogen-bond donors (Lipinski definition) is 1. The molecule has 4 aromatic heterocycles. The highest BCUT2D eigenvalue weighted by Gasteiger charge is 2.12. The number of pyridine rings is 1. The van der Waals surface area contributed by atoms with Crippen molar-refractivity contribution in [3.05, 3.63) is 85.2 Å². The summed E-state index contributed by atoms with van der Waals surface area (Å²) in [6.07, 6.45) is 8.73. The first kappa shape index (κ1) is 16.1. The summed E-state index contributed by atoms with van der Waals surface area (Å²) in [6.45, 7) is 0.708. The number of benzene rings is 1. The lowest BCUT2D eigenvalue weighted by Crippen LogP contribution is -2.02. The first-order valence-electron chi connectivity index (χ1n) is 8.80. The Bertz CT molecular complexity index is 1210. The molecule has 5 aromatic rings. The molecule has 0 spiro atoms. The molecule has 0 unspecified atom stereocenters. The quantitative estimate of drug-likeness (QED) is 0.513. The number of nitrogens with one attached hydrogen (secondary N) is 1. The van der Waals surface area contributed by atoms with Crippen molar-refractivity contribution in [2.75, 3.05) is 5.32 Å². The summed E-state index contributed by atoms with van der Waals surface area (Å²) >= 11 is 0. The van der Waals surface area contributed by atoms with Crippen molar-refractivity contribution in [3.8, 4) is 5.82 Å². The molecule has 0 atom stereocenters. The van der Waals surface area contributed by atoms with Crippen molar-refractivity contribution in [2.45, 2.75) is 6.54 Å². The maximum atomic E-state index is 4.44. The Morgan fingerprint density at radius 1 is 0.893 bits per heavy atom.